The number of Topliss-reactive ketones (excluding diaryl/α,β-unsaturated/α-hetero) is 1. The number of carbonyl (C=O) groups excluding carboxylic acids is 1. The molecule has 0 radical (unpaired) electrons. The van der Waals surface area contributed by atoms with Crippen molar-refractivity contribution in [1.82, 2.24) is 4.98 Å². The number of fused-ring (bicyclic) bond motifs is 1. The summed E-state index contributed by atoms with van der Waals surface area (Å²) in [5.74, 6) is 0.653. The highest BCUT2D eigenvalue weighted by Crippen LogP contribution is 2.26. The molecular weight excluding hydrogens is 222 g/mol. The lowest BCUT2D eigenvalue weighted by Gasteiger charge is -2.20. The van der Waals surface area contributed by atoms with Crippen LogP contribution in [0.15, 0.2) is 36.5 Å². The zero-order valence-corrected chi connectivity index (χ0v) is 10.4. The normalized spacial score (nSPS) is 20.2. The summed E-state index contributed by atoms with van der Waals surface area (Å²) in [5.41, 5.74) is 2.27. The van der Waals surface area contributed by atoms with Crippen LogP contribution in [0.3, 0.4) is 0 Å². The highest BCUT2D eigenvalue weighted by molar-refractivity contribution is 5.84. The molecular formula is C16H17NO. The molecule has 92 valence electrons. The van der Waals surface area contributed by atoms with Crippen molar-refractivity contribution in [3.8, 4) is 0 Å². The average molecular weight is 239 g/mol. The van der Waals surface area contributed by atoms with E-state index in [9.17, 15) is 4.79 Å². The van der Waals surface area contributed by atoms with Crippen LogP contribution in [0.5, 0.6) is 0 Å². The molecule has 1 fully saturated rings. The first kappa shape index (κ1) is 11.4. The van der Waals surface area contributed by atoms with Crippen LogP contribution in [0.2, 0.25) is 0 Å². The van der Waals surface area contributed by atoms with Crippen LogP contribution < -0.4 is 0 Å². The minimum absolute atomic E-state index is 0.214. The third-order valence-electron chi connectivity index (χ3n) is 3.86. The molecule has 0 bridgehead atoms. The third-order valence-corrected chi connectivity index (χ3v) is 3.86. The topological polar surface area (TPSA) is 30.0 Å². The number of pyridine rings is 1. The maximum Gasteiger partial charge on any atom is 0.136 e. The van der Waals surface area contributed by atoms with Gasteiger partial charge in [-0.05, 0) is 30.9 Å². The summed E-state index contributed by atoms with van der Waals surface area (Å²) in [6, 6.07) is 10.3. The largest absolute Gasteiger partial charge is 0.299 e. The maximum atomic E-state index is 11.9. The average Bonchev–Trinajstić information content (AvgIpc) is 2.42. The Labute approximate surface area is 107 Å². The van der Waals surface area contributed by atoms with Gasteiger partial charge < -0.3 is 0 Å². The number of rotatable bonds is 2. The molecule has 0 spiro atoms. The van der Waals surface area contributed by atoms with E-state index in [0.717, 1.165) is 31.2 Å². The monoisotopic (exact) mass is 239 g/mol. The van der Waals surface area contributed by atoms with Crippen LogP contribution in [0.4, 0.5) is 0 Å². The SMILES string of the molecule is O=C1CCCCC1Cc1cccc2cccnc12. The van der Waals surface area contributed by atoms with E-state index in [1.807, 2.05) is 12.3 Å². The second kappa shape index (κ2) is 4.89. The van der Waals surface area contributed by atoms with Gasteiger partial charge in [-0.3, -0.25) is 9.78 Å². The van der Waals surface area contributed by atoms with Gasteiger partial charge in [-0.1, -0.05) is 30.7 Å². The molecule has 1 aromatic carbocycles. The number of ketones is 1. The number of hydrogen-bond donors (Lipinski definition) is 0. The Morgan fingerprint density at radius 2 is 2.06 bits per heavy atom. The van der Waals surface area contributed by atoms with Gasteiger partial charge in [-0.2, -0.15) is 0 Å². The van der Waals surface area contributed by atoms with Crippen molar-refractivity contribution in [3.05, 3.63) is 42.1 Å². The predicted molar refractivity (Wildman–Crippen MR) is 72.4 cm³/mol. The van der Waals surface area contributed by atoms with E-state index in [1.54, 1.807) is 0 Å². The Morgan fingerprint density at radius 1 is 1.17 bits per heavy atom. The Hall–Kier alpha value is -1.70. The molecule has 2 heteroatoms. The fourth-order valence-electron chi connectivity index (χ4n) is 2.87. The molecule has 1 atom stereocenters. The summed E-state index contributed by atoms with van der Waals surface area (Å²) in [4.78, 5) is 16.4. The highest BCUT2D eigenvalue weighted by Gasteiger charge is 2.22. The number of para-hydroxylation sites is 1. The van der Waals surface area contributed by atoms with Crippen LogP contribution in [-0.4, -0.2) is 10.8 Å². The van der Waals surface area contributed by atoms with Gasteiger partial charge in [0, 0.05) is 23.9 Å². The minimum Gasteiger partial charge on any atom is -0.299 e. The van der Waals surface area contributed by atoms with Gasteiger partial charge in [0.1, 0.15) is 5.78 Å². The summed E-state index contributed by atoms with van der Waals surface area (Å²) in [5, 5.41) is 1.17. The van der Waals surface area contributed by atoms with Crippen molar-refractivity contribution >= 4 is 16.7 Å². The second-order valence-electron chi connectivity index (χ2n) is 5.11. The maximum absolute atomic E-state index is 11.9. The summed E-state index contributed by atoms with van der Waals surface area (Å²) in [6.45, 7) is 0. The van der Waals surface area contributed by atoms with Crippen molar-refractivity contribution in [2.75, 3.05) is 0 Å². The van der Waals surface area contributed by atoms with E-state index in [0.29, 0.717) is 5.78 Å². The summed E-state index contributed by atoms with van der Waals surface area (Å²) in [6.07, 6.45) is 6.75. The van der Waals surface area contributed by atoms with E-state index < -0.39 is 0 Å². The standard InChI is InChI=1S/C16H17NO/c18-15-9-2-1-5-13(15)11-14-7-3-6-12-8-4-10-17-16(12)14/h3-4,6-8,10,13H,1-2,5,9,11H2. The number of aromatic nitrogens is 1. The molecule has 1 aromatic heterocycles. The molecule has 0 aliphatic heterocycles. The van der Waals surface area contributed by atoms with Gasteiger partial charge in [0.25, 0.3) is 0 Å². The summed E-state index contributed by atoms with van der Waals surface area (Å²) < 4.78 is 0. The Morgan fingerprint density at radius 3 is 2.94 bits per heavy atom. The molecule has 0 amide bonds. The summed E-state index contributed by atoms with van der Waals surface area (Å²) >= 11 is 0. The van der Waals surface area contributed by atoms with Gasteiger partial charge in [-0.15, -0.1) is 0 Å². The molecule has 2 nitrogen and oxygen atoms in total. The smallest absolute Gasteiger partial charge is 0.136 e. The number of benzene rings is 1. The van der Waals surface area contributed by atoms with Crippen LogP contribution in [-0.2, 0) is 11.2 Å². The molecule has 1 saturated carbocycles. The molecule has 2 aromatic rings. The van der Waals surface area contributed by atoms with Crippen molar-refractivity contribution in [2.45, 2.75) is 32.1 Å². The van der Waals surface area contributed by atoms with E-state index in [4.69, 9.17) is 0 Å². The lowest BCUT2D eigenvalue weighted by Crippen LogP contribution is -2.21. The predicted octanol–water partition coefficient (Wildman–Crippen LogP) is 3.54. The first-order valence-corrected chi connectivity index (χ1v) is 6.70. The molecule has 1 heterocycles. The van der Waals surface area contributed by atoms with Gasteiger partial charge in [-0.25, -0.2) is 0 Å². The molecule has 1 aliphatic carbocycles. The van der Waals surface area contributed by atoms with Gasteiger partial charge in [0.05, 0.1) is 5.52 Å². The fourth-order valence-corrected chi connectivity index (χ4v) is 2.87. The van der Waals surface area contributed by atoms with Crippen LogP contribution in [0, 0.1) is 5.92 Å². The van der Waals surface area contributed by atoms with Crippen LogP contribution >= 0.6 is 0 Å². The number of hydrogen-bond acceptors (Lipinski definition) is 2. The molecule has 0 saturated heterocycles. The quantitative estimate of drug-likeness (QED) is 0.802. The van der Waals surface area contributed by atoms with Crippen molar-refractivity contribution in [3.63, 3.8) is 0 Å². The van der Waals surface area contributed by atoms with E-state index in [2.05, 4.69) is 29.2 Å². The Kier molecular flexibility index (Phi) is 3.09. The van der Waals surface area contributed by atoms with Gasteiger partial charge in [0.15, 0.2) is 0 Å². The minimum atomic E-state index is 0.214. The van der Waals surface area contributed by atoms with E-state index >= 15 is 0 Å². The third kappa shape index (κ3) is 2.15. The molecule has 0 N–H and O–H groups in total. The zero-order valence-electron chi connectivity index (χ0n) is 10.4. The Bertz CT molecular complexity index is 571. The van der Waals surface area contributed by atoms with Crippen LogP contribution in [0.25, 0.3) is 10.9 Å². The van der Waals surface area contributed by atoms with E-state index in [1.165, 1.54) is 17.4 Å². The van der Waals surface area contributed by atoms with Crippen molar-refractivity contribution < 1.29 is 4.79 Å². The first-order chi connectivity index (χ1) is 8.84. The van der Waals surface area contributed by atoms with Crippen LogP contribution in [0.1, 0.15) is 31.2 Å². The van der Waals surface area contributed by atoms with Crippen molar-refractivity contribution in [1.29, 1.82) is 0 Å². The Balaban J connectivity index is 1.92. The first-order valence-electron chi connectivity index (χ1n) is 6.70. The van der Waals surface area contributed by atoms with Crippen molar-refractivity contribution in [2.24, 2.45) is 5.92 Å². The van der Waals surface area contributed by atoms with Gasteiger partial charge >= 0.3 is 0 Å². The molecule has 18 heavy (non-hydrogen) atoms. The molecule has 3 rings (SSSR count). The van der Waals surface area contributed by atoms with Gasteiger partial charge in [0.2, 0.25) is 0 Å². The number of nitrogens with zero attached hydrogens (tertiary/aromatic N) is 1. The second-order valence-corrected chi connectivity index (χ2v) is 5.11. The lowest BCUT2D eigenvalue weighted by molar-refractivity contribution is -0.124. The molecule has 1 unspecified atom stereocenters. The number of carbonyl (C=O) groups is 1. The fraction of sp³-hybridized carbons (Fsp3) is 0.375. The molecule has 1 aliphatic rings. The summed E-state index contributed by atoms with van der Waals surface area (Å²) in [7, 11) is 0. The van der Waals surface area contributed by atoms with E-state index in [-0.39, 0.29) is 5.92 Å². The highest BCUT2D eigenvalue weighted by atomic mass is 16.1. The lowest BCUT2D eigenvalue weighted by atomic mass is 9.83. The zero-order chi connectivity index (χ0) is 12.4.